The van der Waals surface area contributed by atoms with Gasteiger partial charge in [0, 0.05) is 25.2 Å². The molecule has 4 nitrogen and oxygen atoms in total. The quantitative estimate of drug-likeness (QED) is 0.662. The van der Waals surface area contributed by atoms with Crippen molar-refractivity contribution in [2.75, 3.05) is 13.1 Å². The maximum Gasteiger partial charge on any atom is 0.249 e. The van der Waals surface area contributed by atoms with Crippen molar-refractivity contribution in [2.24, 2.45) is 5.73 Å². The van der Waals surface area contributed by atoms with Crippen molar-refractivity contribution in [3.63, 3.8) is 0 Å². The molecule has 2 rings (SSSR count). The molecule has 9 heteroatoms. The first-order chi connectivity index (χ1) is 9.25. The molecule has 1 fully saturated rings. The molecule has 1 aliphatic rings. The van der Waals surface area contributed by atoms with E-state index in [1.54, 1.807) is 0 Å². The third-order valence-corrected chi connectivity index (χ3v) is 4.98. The van der Waals surface area contributed by atoms with Gasteiger partial charge in [-0.2, -0.15) is 4.31 Å². The fourth-order valence-electron chi connectivity index (χ4n) is 2.10. The Morgan fingerprint density at radius 1 is 1.15 bits per heavy atom. The zero-order chi connectivity index (χ0) is 15.1. The molecule has 2 N–H and O–H groups in total. The summed E-state index contributed by atoms with van der Waals surface area (Å²) in [5, 5.41) is 0. The Labute approximate surface area is 113 Å². The van der Waals surface area contributed by atoms with E-state index >= 15 is 0 Å². The molecule has 0 bridgehead atoms. The van der Waals surface area contributed by atoms with Crippen LogP contribution in [0.15, 0.2) is 11.0 Å². The Kier molecular flexibility index (Phi) is 4.03. The highest BCUT2D eigenvalue weighted by Gasteiger charge is 2.36. The van der Waals surface area contributed by atoms with Crippen LogP contribution in [0.4, 0.5) is 17.6 Å². The fourth-order valence-corrected chi connectivity index (χ4v) is 3.76. The molecule has 1 atom stereocenters. The molecular weight excluding hydrogens is 300 g/mol. The molecule has 1 aliphatic heterocycles. The van der Waals surface area contributed by atoms with Crippen LogP contribution in [0.1, 0.15) is 12.8 Å². The van der Waals surface area contributed by atoms with Crippen LogP contribution < -0.4 is 5.73 Å². The summed E-state index contributed by atoms with van der Waals surface area (Å²) in [5.41, 5.74) is 5.59. The van der Waals surface area contributed by atoms with Crippen LogP contribution >= 0.6 is 0 Å². The molecule has 0 saturated carbocycles. The summed E-state index contributed by atoms with van der Waals surface area (Å²) in [6, 6.07) is -0.519. The number of sulfonamides is 1. The van der Waals surface area contributed by atoms with Crippen LogP contribution in [0.2, 0.25) is 0 Å². The van der Waals surface area contributed by atoms with E-state index in [2.05, 4.69) is 0 Å². The van der Waals surface area contributed by atoms with Gasteiger partial charge in [-0.3, -0.25) is 0 Å². The van der Waals surface area contributed by atoms with Crippen LogP contribution in [0, 0.1) is 23.3 Å². The molecule has 0 radical (unpaired) electrons. The Morgan fingerprint density at radius 3 is 2.20 bits per heavy atom. The highest BCUT2D eigenvalue weighted by Crippen LogP contribution is 2.28. The SMILES string of the molecule is N[C@@H]1CCCN(S(=O)(=O)c2c(F)c(F)cc(F)c2F)C1. The first-order valence-electron chi connectivity index (χ1n) is 5.84. The second-order valence-corrected chi connectivity index (χ2v) is 6.44. The van der Waals surface area contributed by atoms with Crippen LogP contribution in [-0.4, -0.2) is 31.9 Å². The topological polar surface area (TPSA) is 63.4 Å². The van der Waals surface area contributed by atoms with Crippen molar-refractivity contribution in [3.8, 4) is 0 Å². The molecular formula is C11H12F4N2O2S. The van der Waals surface area contributed by atoms with Gasteiger partial charge in [0.2, 0.25) is 10.0 Å². The Bertz CT molecular complexity index is 610. The largest absolute Gasteiger partial charge is 0.327 e. The van der Waals surface area contributed by atoms with Gasteiger partial charge in [0.1, 0.15) is 0 Å². The minimum absolute atomic E-state index is 0.00690. The number of hydrogen-bond acceptors (Lipinski definition) is 3. The molecule has 20 heavy (non-hydrogen) atoms. The highest BCUT2D eigenvalue weighted by molar-refractivity contribution is 7.89. The number of halogens is 4. The smallest absolute Gasteiger partial charge is 0.249 e. The van der Waals surface area contributed by atoms with Crippen molar-refractivity contribution in [1.29, 1.82) is 0 Å². The lowest BCUT2D eigenvalue weighted by Gasteiger charge is -2.30. The molecule has 0 spiro atoms. The van der Waals surface area contributed by atoms with Gasteiger partial charge in [-0.15, -0.1) is 0 Å². The van der Waals surface area contributed by atoms with E-state index in [0.717, 1.165) is 4.31 Å². The zero-order valence-electron chi connectivity index (χ0n) is 10.2. The number of hydrogen-bond donors (Lipinski definition) is 1. The van der Waals surface area contributed by atoms with Gasteiger partial charge < -0.3 is 5.73 Å². The summed E-state index contributed by atoms with van der Waals surface area (Å²) in [6.45, 7) is -0.160. The first kappa shape index (κ1) is 15.2. The van der Waals surface area contributed by atoms with Gasteiger partial charge in [-0.25, -0.2) is 26.0 Å². The average Bonchev–Trinajstić information content (AvgIpc) is 2.36. The zero-order valence-corrected chi connectivity index (χ0v) is 11.1. The summed E-state index contributed by atoms with van der Waals surface area (Å²) in [7, 11) is -4.68. The van der Waals surface area contributed by atoms with Crippen LogP contribution in [0.25, 0.3) is 0 Å². The predicted octanol–water partition coefficient (Wildman–Crippen LogP) is 1.35. The Morgan fingerprint density at radius 2 is 1.70 bits per heavy atom. The van der Waals surface area contributed by atoms with E-state index in [4.69, 9.17) is 5.73 Å². The molecule has 0 unspecified atom stereocenters. The van der Waals surface area contributed by atoms with E-state index < -0.39 is 44.2 Å². The van der Waals surface area contributed by atoms with Gasteiger partial charge in [-0.1, -0.05) is 0 Å². The third kappa shape index (κ3) is 2.52. The first-order valence-corrected chi connectivity index (χ1v) is 7.28. The van der Waals surface area contributed by atoms with E-state index in [9.17, 15) is 26.0 Å². The predicted molar refractivity (Wildman–Crippen MR) is 62.2 cm³/mol. The minimum atomic E-state index is -4.68. The Balaban J connectivity index is 2.55. The molecule has 112 valence electrons. The molecule has 0 aliphatic carbocycles. The second kappa shape index (κ2) is 5.30. The minimum Gasteiger partial charge on any atom is -0.327 e. The van der Waals surface area contributed by atoms with Gasteiger partial charge in [0.25, 0.3) is 0 Å². The van der Waals surface area contributed by atoms with Crippen LogP contribution in [-0.2, 0) is 10.0 Å². The summed E-state index contributed by atoms with van der Waals surface area (Å²) in [6.07, 6.45) is 0.968. The van der Waals surface area contributed by atoms with E-state index in [1.165, 1.54) is 0 Å². The number of nitrogens with two attached hydrogens (primary N) is 1. The second-order valence-electron chi connectivity index (χ2n) is 4.56. The van der Waals surface area contributed by atoms with Gasteiger partial charge in [-0.05, 0) is 12.8 Å². The number of nitrogens with zero attached hydrogens (tertiary/aromatic N) is 1. The summed E-state index contributed by atoms with van der Waals surface area (Å²) >= 11 is 0. The van der Waals surface area contributed by atoms with Crippen molar-refractivity contribution < 1.29 is 26.0 Å². The lowest BCUT2D eigenvalue weighted by Crippen LogP contribution is -2.46. The summed E-state index contributed by atoms with van der Waals surface area (Å²) in [5.74, 6) is -7.38. The van der Waals surface area contributed by atoms with Gasteiger partial charge >= 0.3 is 0 Å². The number of rotatable bonds is 2. The monoisotopic (exact) mass is 312 g/mol. The molecule has 1 aromatic rings. The number of benzene rings is 1. The standard InChI is InChI=1S/C11H12F4N2O2S/c12-7-4-8(13)10(15)11(9(7)14)20(18,19)17-3-1-2-6(16)5-17/h4,6H,1-3,5,16H2/t6-/m1/s1. The van der Waals surface area contributed by atoms with Crippen molar-refractivity contribution >= 4 is 10.0 Å². The normalized spacial score (nSPS) is 21.1. The van der Waals surface area contributed by atoms with Crippen LogP contribution in [0.3, 0.4) is 0 Å². The molecule has 1 saturated heterocycles. The molecule has 1 heterocycles. The molecule has 1 aromatic carbocycles. The number of piperidine rings is 1. The summed E-state index contributed by atoms with van der Waals surface area (Å²) < 4.78 is 78.4. The third-order valence-electron chi connectivity index (χ3n) is 3.09. The van der Waals surface area contributed by atoms with E-state index in [-0.39, 0.29) is 19.2 Å². The highest BCUT2D eigenvalue weighted by atomic mass is 32.2. The maximum absolute atomic E-state index is 13.6. The molecule has 0 amide bonds. The van der Waals surface area contributed by atoms with E-state index in [0.29, 0.717) is 12.8 Å². The average molecular weight is 312 g/mol. The van der Waals surface area contributed by atoms with Crippen LogP contribution in [0.5, 0.6) is 0 Å². The van der Waals surface area contributed by atoms with Gasteiger partial charge in [0.15, 0.2) is 28.2 Å². The lowest BCUT2D eigenvalue weighted by atomic mass is 10.1. The summed E-state index contributed by atoms with van der Waals surface area (Å²) in [4.78, 5) is -1.61. The lowest BCUT2D eigenvalue weighted by molar-refractivity contribution is 0.311. The van der Waals surface area contributed by atoms with Crippen molar-refractivity contribution in [3.05, 3.63) is 29.3 Å². The fraction of sp³-hybridized carbons (Fsp3) is 0.455. The van der Waals surface area contributed by atoms with Crippen molar-refractivity contribution in [2.45, 2.75) is 23.8 Å². The maximum atomic E-state index is 13.6. The van der Waals surface area contributed by atoms with Gasteiger partial charge in [0.05, 0.1) is 0 Å². The van der Waals surface area contributed by atoms with Crippen molar-refractivity contribution in [1.82, 2.24) is 4.31 Å². The molecule has 0 aromatic heterocycles. The van der Waals surface area contributed by atoms with E-state index in [1.807, 2.05) is 0 Å². The Hall–Kier alpha value is -1.19.